The van der Waals surface area contributed by atoms with Gasteiger partial charge >= 0.3 is 6.18 Å². The second-order valence-electron chi connectivity index (χ2n) is 7.21. The van der Waals surface area contributed by atoms with Crippen molar-refractivity contribution < 1.29 is 26.3 Å². The Balaban J connectivity index is 1.78. The van der Waals surface area contributed by atoms with Gasteiger partial charge in [-0.15, -0.1) is 0 Å². The van der Waals surface area contributed by atoms with Gasteiger partial charge in [0.2, 0.25) is 0 Å². The van der Waals surface area contributed by atoms with Crippen LogP contribution >= 0.6 is 15.9 Å². The van der Waals surface area contributed by atoms with E-state index in [2.05, 4.69) is 31.3 Å². The Bertz CT molecular complexity index is 1240. The van der Waals surface area contributed by atoms with Gasteiger partial charge in [-0.1, -0.05) is 0 Å². The minimum atomic E-state index is -4.56. The molecule has 2 aromatic heterocycles. The maximum Gasteiger partial charge on any atom is 0.433 e. The molecule has 31 heavy (non-hydrogen) atoms. The molecule has 1 aromatic carbocycles. The number of halogens is 4. The lowest BCUT2D eigenvalue weighted by Gasteiger charge is -2.23. The first kappa shape index (κ1) is 22.0. The zero-order valence-corrected chi connectivity index (χ0v) is 18.7. The van der Waals surface area contributed by atoms with Crippen LogP contribution in [0.5, 0.6) is 0 Å². The Labute approximate surface area is 184 Å². The SMILES string of the molecule is Cc1c(Nc2ccnc3cc(Br)c(S(=O)(=O)C4CCOCC4)cc23)n[nH]c1C(F)(F)F. The number of anilines is 2. The van der Waals surface area contributed by atoms with Crippen molar-refractivity contribution in [3.05, 3.63) is 40.1 Å². The van der Waals surface area contributed by atoms with Crippen molar-refractivity contribution in [1.82, 2.24) is 15.2 Å². The normalized spacial score (nSPS) is 16.0. The van der Waals surface area contributed by atoms with Crippen LogP contribution in [-0.4, -0.2) is 42.1 Å². The summed E-state index contributed by atoms with van der Waals surface area (Å²) < 4.78 is 71.3. The van der Waals surface area contributed by atoms with E-state index in [4.69, 9.17) is 4.74 Å². The van der Waals surface area contributed by atoms with E-state index in [0.717, 1.165) is 0 Å². The molecule has 0 radical (unpaired) electrons. The number of sulfone groups is 1. The number of fused-ring (bicyclic) bond motifs is 1. The van der Waals surface area contributed by atoms with Crippen LogP contribution < -0.4 is 5.32 Å². The van der Waals surface area contributed by atoms with Crippen LogP contribution in [0.4, 0.5) is 24.7 Å². The van der Waals surface area contributed by atoms with Gasteiger partial charge in [-0.05, 0) is 53.9 Å². The molecule has 0 bridgehead atoms. The van der Waals surface area contributed by atoms with Crippen LogP contribution in [0.1, 0.15) is 24.1 Å². The van der Waals surface area contributed by atoms with E-state index in [-0.39, 0.29) is 16.3 Å². The quantitative estimate of drug-likeness (QED) is 0.517. The number of H-pyrrole nitrogens is 1. The molecular weight excluding hydrogens is 501 g/mol. The topological polar surface area (TPSA) is 97.0 Å². The van der Waals surface area contributed by atoms with E-state index in [1.54, 1.807) is 12.1 Å². The molecule has 1 saturated heterocycles. The molecule has 7 nitrogen and oxygen atoms in total. The Morgan fingerprint density at radius 1 is 1.26 bits per heavy atom. The highest BCUT2D eigenvalue weighted by Gasteiger charge is 2.36. The van der Waals surface area contributed by atoms with Crippen LogP contribution in [-0.2, 0) is 20.8 Å². The Morgan fingerprint density at radius 2 is 1.97 bits per heavy atom. The summed E-state index contributed by atoms with van der Waals surface area (Å²) in [4.78, 5) is 4.36. The number of nitrogens with zero attached hydrogens (tertiary/aromatic N) is 2. The summed E-state index contributed by atoms with van der Waals surface area (Å²) in [5.41, 5.74) is -0.167. The fraction of sp³-hybridized carbons (Fsp3) is 0.368. The second-order valence-corrected chi connectivity index (χ2v) is 10.3. The summed E-state index contributed by atoms with van der Waals surface area (Å²) in [5, 5.41) is 8.49. The fourth-order valence-corrected chi connectivity index (χ4v) is 6.36. The summed E-state index contributed by atoms with van der Waals surface area (Å²) in [6, 6.07) is 4.64. The van der Waals surface area contributed by atoms with E-state index in [1.165, 1.54) is 19.2 Å². The highest BCUT2D eigenvalue weighted by Crippen LogP contribution is 2.37. The molecule has 0 unspecified atom stereocenters. The first-order valence-corrected chi connectivity index (χ1v) is 11.7. The number of rotatable bonds is 4. The van der Waals surface area contributed by atoms with Gasteiger partial charge in [0.25, 0.3) is 0 Å². The third-order valence-electron chi connectivity index (χ3n) is 5.26. The summed E-state index contributed by atoms with van der Waals surface area (Å²) in [6.45, 7) is 2.06. The molecule has 3 heterocycles. The molecule has 0 spiro atoms. The molecule has 0 amide bonds. The van der Waals surface area contributed by atoms with Gasteiger partial charge in [-0.2, -0.15) is 18.3 Å². The second kappa shape index (κ2) is 8.06. The molecule has 1 aliphatic rings. The lowest BCUT2D eigenvalue weighted by atomic mass is 10.1. The number of ether oxygens (including phenoxy) is 1. The first-order chi connectivity index (χ1) is 14.6. The molecule has 166 valence electrons. The third kappa shape index (κ3) is 4.15. The summed E-state index contributed by atoms with van der Waals surface area (Å²) in [6.07, 6.45) is -2.28. The monoisotopic (exact) mass is 518 g/mol. The number of hydrogen-bond donors (Lipinski definition) is 2. The van der Waals surface area contributed by atoms with E-state index in [1.807, 2.05) is 5.10 Å². The minimum absolute atomic E-state index is 0.00317. The molecule has 1 fully saturated rings. The van der Waals surface area contributed by atoms with E-state index in [9.17, 15) is 21.6 Å². The van der Waals surface area contributed by atoms with Crippen LogP contribution in [0, 0.1) is 6.92 Å². The van der Waals surface area contributed by atoms with Crippen molar-refractivity contribution in [3.8, 4) is 0 Å². The van der Waals surface area contributed by atoms with Gasteiger partial charge in [-0.3, -0.25) is 10.1 Å². The smallest absolute Gasteiger partial charge is 0.381 e. The molecule has 4 rings (SSSR count). The molecule has 1 aliphatic heterocycles. The molecule has 3 aromatic rings. The summed E-state index contributed by atoms with van der Waals surface area (Å²) in [7, 11) is -3.65. The standard InChI is InChI=1S/C19H18BrF3N4O3S/c1-10-17(19(21,22)23)26-27-18(10)25-14-2-5-24-15-9-13(20)16(8-12(14)15)31(28,29)11-3-6-30-7-4-11/h2,5,8-9,11H,3-4,6-7H2,1H3,(H2,24,25,26,27). The average molecular weight is 519 g/mol. The predicted molar refractivity (Wildman–Crippen MR) is 112 cm³/mol. The van der Waals surface area contributed by atoms with Gasteiger partial charge in [0.05, 0.1) is 21.3 Å². The van der Waals surface area contributed by atoms with Crippen LogP contribution in [0.2, 0.25) is 0 Å². The van der Waals surface area contributed by atoms with E-state index < -0.39 is 27.0 Å². The van der Waals surface area contributed by atoms with Crippen molar-refractivity contribution in [2.45, 2.75) is 36.1 Å². The van der Waals surface area contributed by atoms with E-state index >= 15 is 0 Å². The lowest BCUT2D eigenvalue weighted by molar-refractivity contribution is -0.141. The Kier molecular flexibility index (Phi) is 5.73. The average Bonchev–Trinajstić information content (AvgIpc) is 3.09. The number of nitrogens with one attached hydrogen (secondary N) is 2. The van der Waals surface area contributed by atoms with Crippen LogP contribution in [0.25, 0.3) is 10.9 Å². The largest absolute Gasteiger partial charge is 0.433 e. The third-order valence-corrected chi connectivity index (χ3v) is 8.47. The molecule has 0 atom stereocenters. The number of alkyl halides is 3. The zero-order valence-electron chi connectivity index (χ0n) is 16.3. The Morgan fingerprint density at radius 3 is 2.61 bits per heavy atom. The van der Waals surface area contributed by atoms with Crippen molar-refractivity contribution in [2.75, 3.05) is 18.5 Å². The number of hydrogen-bond acceptors (Lipinski definition) is 6. The number of aromatic amines is 1. The highest BCUT2D eigenvalue weighted by atomic mass is 79.9. The summed E-state index contributed by atoms with van der Waals surface area (Å²) >= 11 is 3.33. The zero-order chi connectivity index (χ0) is 22.4. The van der Waals surface area contributed by atoms with Crippen molar-refractivity contribution in [2.24, 2.45) is 0 Å². The Hall–Kier alpha value is -2.18. The molecule has 0 saturated carbocycles. The fourth-order valence-electron chi connectivity index (χ4n) is 3.56. The van der Waals surface area contributed by atoms with Crippen molar-refractivity contribution in [1.29, 1.82) is 0 Å². The highest BCUT2D eigenvalue weighted by molar-refractivity contribution is 9.10. The van der Waals surface area contributed by atoms with Gasteiger partial charge < -0.3 is 10.1 Å². The van der Waals surface area contributed by atoms with Gasteiger partial charge in [0.1, 0.15) is 5.69 Å². The van der Waals surface area contributed by atoms with Crippen LogP contribution in [0.3, 0.4) is 0 Å². The van der Waals surface area contributed by atoms with Crippen molar-refractivity contribution >= 4 is 48.2 Å². The van der Waals surface area contributed by atoms with Gasteiger partial charge in [0, 0.05) is 34.8 Å². The number of pyridine rings is 1. The molecule has 0 aliphatic carbocycles. The number of benzene rings is 1. The van der Waals surface area contributed by atoms with Crippen LogP contribution in [0.15, 0.2) is 33.8 Å². The predicted octanol–water partition coefficient (Wildman–Crippen LogP) is 4.74. The minimum Gasteiger partial charge on any atom is -0.381 e. The first-order valence-electron chi connectivity index (χ1n) is 9.38. The van der Waals surface area contributed by atoms with Crippen molar-refractivity contribution in [3.63, 3.8) is 0 Å². The van der Waals surface area contributed by atoms with E-state index in [0.29, 0.717) is 47.1 Å². The number of aromatic nitrogens is 3. The maximum atomic E-state index is 13.2. The molecular formula is C19H18BrF3N4O3S. The lowest BCUT2D eigenvalue weighted by Crippen LogP contribution is -2.29. The molecule has 12 heteroatoms. The van der Waals surface area contributed by atoms with Gasteiger partial charge in [0.15, 0.2) is 15.7 Å². The maximum absolute atomic E-state index is 13.2. The molecule has 2 N–H and O–H groups in total. The van der Waals surface area contributed by atoms with Gasteiger partial charge in [-0.25, -0.2) is 8.42 Å². The summed E-state index contributed by atoms with van der Waals surface area (Å²) in [5.74, 6) is -0.00317.